The summed E-state index contributed by atoms with van der Waals surface area (Å²) >= 11 is 18.6. The van der Waals surface area contributed by atoms with Crippen LogP contribution >= 0.6 is 55.1 Å². The summed E-state index contributed by atoms with van der Waals surface area (Å²) in [6.45, 7) is 0. The van der Waals surface area contributed by atoms with Crippen LogP contribution in [0.5, 0.6) is 0 Å². The normalized spacial score (nSPS) is 10.6. The highest BCUT2D eigenvalue weighted by molar-refractivity contribution is 9.11. The molecule has 0 aliphatic rings. The van der Waals surface area contributed by atoms with E-state index in [4.69, 9.17) is 23.2 Å². The van der Waals surface area contributed by atoms with Gasteiger partial charge in [0, 0.05) is 10.9 Å². The summed E-state index contributed by atoms with van der Waals surface area (Å²) < 4.78 is 1.54. The summed E-state index contributed by atoms with van der Waals surface area (Å²) in [6.07, 6.45) is 0.578. The monoisotopic (exact) mass is 394 g/mol. The minimum atomic E-state index is 0.326. The van der Waals surface area contributed by atoms with Gasteiger partial charge < -0.3 is 0 Å². The predicted octanol–water partition coefficient (Wildman–Crippen LogP) is 4.90. The third kappa shape index (κ3) is 3.19. The van der Waals surface area contributed by atoms with Crippen LogP contribution in [0.25, 0.3) is 0 Å². The molecular weight excluding hydrogens is 391 g/mol. The van der Waals surface area contributed by atoms with E-state index in [1.807, 2.05) is 24.3 Å². The van der Waals surface area contributed by atoms with Crippen molar-refractivity contribution < 1.29 is 0 Å². The first-order chi connectivity index (χ1) is 8.08. The standard InChI is InChI=1S/C11H6Br2Cl2N2/c12-7-4-2-1-3-6(7)5-8-16-10(14)9(13)11(15)17-8/h1-4H,5H2. The van der Waals surface area contributed by atoms with E-state index >= 15 is 0 Å². The molecule has 0 bridgehead atoms. The van der Waals surface area contributed by atoms with Crippen molar-refractivity contribution in [1.29, 1.82) is 0 Å². The van der Waals surface area contributed by atoms with E-state index in [0.717, 1.165) is 10.0 Å². The lowest BCUT2D eigenvalue weighted by molar-refractivity contribution is 0.959. The maximum absolute atomic E-state index is 5.93. The van der Waals surface area contributed by atoms with Gasteiger partial charge in [-0.3, -0.25) is 0 Å². The van der Waals surface area contributed by atoms with Crippen molar-refractivity contribution in [2.75, 3.05) is 0 Å². The molecule has 0 aliphatic heterocycles. The van der Waals surface area contributed by atoms with Crippen LogP contribution in [0.15, 0.2) is 33.2 Å². The van der Waals surface area contributed by atoms with Gasteiger partial charge in [0.1, 0.15) is 16.1 Å². The lowest BCUT2D eigenvalue weighted by Gasteiger charge is -2.05. The summed E-state index contributed by atoms with van der Waals surface area (Å²) in [7, 11) is 0. The van der Waals surface area contributed by atoms with Crippen LogP contribution in [0, 0.1) is 0 Å². The Balaban J connectivity index is 2.34. The van der Waals surface area contributed by atoms with Crippen LogP contribution in [-0.2, 0) is 6.42 Å². The average Bonchev–Trinajstić information content (AvgIpc) is 2.29. The number of nitrogens with zero attached hydrogens (tertiary/aromatic N) is 2. The van der Waals surface area contributed by atoms with Crippen LogP contribution in [0.3, 0.4) is 0 Å². The van der Waals surface area contributed by atoms with Gasteiger partial charge in [0.15, 0.2) is 0 Å². The Hall–Kier alpha value is -0.160. The van der Waals surface area contributed by atoms with Gasteiger partial charge in [0.2, 0.25) is 0 Å². The molecule has 0 saturated carbocycles. The number of halogens is 4. The van der Waals surface area contributed by atoms with Gasteiger partial charge in [0.25, 0.3) is 0 Å². The second-order valence-corrected chi connectivity index (χ2v) is 5.67. The molecule has 2 aromatic rings. The maximum Gasteiger partial charge on any atom is 0.148 e. The Morgan fingerprint density at radius 3 is 2.18 bits per heavy atom. The summed E-state index contributed by atoms with van der Waals surface area (Å²) in [5.41, 5.74) is 1.09. The lowest BCUT2D eigenvalue weighted by Crippen LogP contribution is -1.99. The molecule has 0 amide bonds. The van der Waals surface area contributed by atoms with Gasteiger partial charge in [-0.1, -0.05) is 57.3 Å². The largest absolute Gasteiger partial charge is 0.220 e. The topological polar surface area (TPSA) is 25.8 Å². The van der Waals surface area contributed by atoms with E-state index in [-0.39, 0.29) is 0 Å². The van der Waals surface area contributed by atoms with Crippen molar-refractivity contribution in [1.82, 2.24) is 9.97 Å². The number of aromatic nitrogens is 2. The van der Waals surface area contributed by atoms with Gasteiger partial charge in [-0.2, -0.15) is 0 Å². The Kier molecular flexibility index (Phi) is 4.42. The van der Waals surface area contributed by atoms with Crippen molar-refractivity contribution >= 4 is 55.1 Å². The molecule has 17 heavy (non-hydrogen) atoms. The van der Waals surface area contributed by atoms with Gasteiger partial charge in [0.05, 0.1) is 4.47 Å². The number of rotatable bonds is 2. The first-order valence-electron chi connectivity index (χ1n) is 4.68. The van der Waals surface area contributed by atoms with Crippen molar-refractivity contribution in [2.45, 2.75) is 6.42 Å². The minimum Gasteiger partial charge on any atom is -0.220 e. The second kappa shape index (κ2) is 5.65. The van der Waals surface area contributed by atoms with E-state index < -0.39 is 0 Å². The molecule has 0 atom stereocenters. The van der Waals surface area contributed by atoms with Crippen LogP contribution < -0.4 is 0 Å². The summed E-state index contributed by atoms with van der Waals surface area (Å²) in [5.74, 6) is 0.593. The molecule has 0 N–H and O–H groups in total. The molecule has 1 aromatic heterocycles. The zero-order valence-corrected chi connectivity index (χ0v) is 13.1. The molecule has 1 aromatic carbocycles. The first-order valence-corrected chi connectivity index (χ1v) is 7.03. The summed E-state index contributed by atoms with van der Waals surface area (Å²) in [4.78, 5) is 8.34. The SMILES string of the molecule is Clc1nc(Cc2ccccc2Br)nc(Cl)c1Br. The van der Waals surface area contributed by atoms with Crippen molar-refractivity contribution in [3.05, 3.63) is 54.9 Å². The molecule has 0 saturated heterocycles. The molecular formula is C11H6Br2Cl2N2. The smallest absolute Gasteiger partial charge is 0.148 e. The molecule has 0 fully saturated rings. The number of hydrogen-bond donors (Lipinski definition) is 0. The predicted molar refractivity (Wildman–Crippen MR) is 76.7 cm³/mol. The van der Waals surface area contributed by atoms with E-state index in [2.05, 4.69) is 41.8 Å². The highest BCUT2D eigenvalue weighted by Gasteiger charge is 2.10. The Morgan fingerprint density at radius 2 is 1.59 bits per heavy atom. The van der Waals surface area contributed by atoms with Crippen molar-refractivity contribution in [3.8, 4) is 0 Å². The maximum atomic E-state index is 5.93. The van der Waals surface area contributed by atoms with E-state index in [9.17, 15) is 0 Å². The molecule has 2 rings (SSSR count). The third-order valence-electron chi connectivity index (χ3n) is 2.12. The van der Waals surface area contributed by atoms with Crippen molar-refractivity contribution in [2.24, 2.45) is 0 Å². The molecule has 6 heteroatoms. The van der Waals surface area contributed by atoms with Crippen LogP contribution in [0.1, 0.15) is 11.4 Å². The Morgan fingerprint density at radius 1 is 1.00 bits per heavy atom. The summed E-state index contributed by atoms with van der Waals surface area (Å²) in [6, 6.07) is 7.88. The van der Waals surface area contributed by atoms with E-state index in [0.29, 0.717) is 27.0 Å². The first kappa shape index (κ1) is 13.3. The number of hydrogen-bond acceptors (Lipinski definition) is 2. The van der Waals surface area contributed by atoms with Crippen LogP contribution in [0.4, 0.5) is 0 Å². The van der Waals surface area contributed by atoms with Crippen molar-refractivity contribution in [3.63, 3.8) is 0 Å². The Bertz CT molecular complexity index is 538. The van der Waals surface area contributed by atoms with Gasteiger partial charge in [-0.15, -0.1) is 0 Å². The number of benzene rings is 1. The van der Waals surface area contributed by atoms with E-state index in [1.165, 1.54) is 0 Å². The second-order valence-electron chi connectivity index (χ2n) is 3.30. The van der Waals surface area contributed by atoms with Crippen LogP contribution in [-0.4, -0.2) is 9.97 Å². The quantitative estimate of drug-likeness (QED) is 0.675. The third-order valence-corrected chi connectivity index (χ3v) is 4.65. The fraction of sp³-hybridized carbons (Fsp3) is 0.0909. The molecule has 0 unspecified atom stereocenters. The fourth-order valence-electron chi connectivity index (χ4n) is 1.33. The van der Waals surface area contributed by atoms with Gasteiger partial charge in [-0.05, 0) is 27.6 Å². The van der Waals surface area contributed by atoms with Gasteiger partial charge in [-0.25, -0.2) is 9.97 Å². The van der Waals surface area contributed by atoms with E-state index in [1.54, 1.807) is 0 Å². The highest BCUT2D eigenvalue weighted by atomic mass is 79.9. The average molecular weight is 397 g/mol. The molecule has 88 valence electrons. The fourth-order valence-corrected chi connectivity index (χ4v) is 2.35. The molecule has 1 heterocycles. The molecule has 0 aliphatic carbocycles. The van der Waals surface area contributed by atoms with Crippen LogP contribution in [0.2, 0.25) is 10.3 Å². The molecule has 0 radical (unpaired) electrons. The highest BCUT2D eigenvalue weighted by Crippen LogP contribution is 2.28. The summed E-state index contributed by atoms with van der Waals surface area (Å²) in [5, 5.41) is 0.652. The molecule has 0 spiro atoms. The Labute approximate surface area is 126 Å². The van der Waals surface area contributed by atoms with Gasteiger partial charge >= 0.3 is 0 Å². The zero-order valence-electron chi connectivity index (χ0n) is 8.42. The minimum absolute atomic E-state index is 0.326. The lowest BCUT2D eigenvalue weighted by atomic mass is 10.1. The molecule has 2 nitrogen and oxygen atoms in total. The zero-order chi connectivity index (χ0) is 12.4.